The van der Waals surface area contributed by atoms with Gasteiger partial charge in [0, 0.05) is 0 Å². The maximum Gasteiger partial charge on any atom is 0.336 e. The third-order valence-electron chi connectivity index (χ3n) is 4.82. The van der Waals surface area contributed by atoms with Gasteiger partial charge in [-0.05, 0) is 54.2 Å². The molecule has 2 aromatic carbocycles. The predicted octanol–water partition coefficient (Wildman–Crippen LogP) is 6.74. The van der Waals surface area contributed by atoms with Crippen LogP contribution in [0.2, 0.25) is 0 Å². The van der Waals surface area contributed by atoms with Gasteiger partial charge in [0.25, 0.3) is 0 Å². The molecule has 0 aliphatic carbocycles. The van der Waals surface area contributed by atoms with Crippen LogP contribution in [0.15, 0.2) is 42.5 Å². The number of aryl methyl sites for hydroxylation is 1. The molecule has 1 N–H and O–H groups in total. The Kier molecular flexibility index (Phi) is 8.90. The van der Waals surface area contributed by atoms with E-state index in [1.54, 1.807) is 6.07 Å². The summed E-state index contributed by atoms with van der Waals surface area (Å²) < 4.78 is 5.82. The summed E-state index contributed by atoms with van der Waals surface area (Å²) in [7, 11) is 0. The Labute approximate surface area is 163 Å². The standard InChI is InChI=1S/C24H32O3/c1-3-5-7-8-9-17-27-21-14-12-20(13-15-21)23-18-19(10-6-4-2)11-16-22(23)24(25)26/h11-16,18H,3-10,17H2,1-2H3,(H,25,26). The van der Waals surface area contributed by atoms with Gasteiger partial charge in [-0.25, -0.2) is 4.79 Å². The molecule has 0 aliphatic heterocycles. The quantitative estimate of drug-likeness (QED) is 0.422. The second-order valence-electron chi connectivity index (χ2n) is 7.08. The van der Waals surface area contributed by atoms with Crippen molar-refractivity contribution in [3.05, 3.63) is 53.6 Å². The molecule has 0 saturated heterocycles. The van der Waals surface area contributed by atoms with E-state index in [2.05, 4.69) is 13.8 Å². The zero-order valence-corrected chi connectivity index (χ0v) is 16.7. The number of carboxylic acid groups (broad SMARTS) is 1. The fourth-order valence-electron chi connectivity index (χ4n) is 3.18. The first-order valence-corrected chi connectivity index (χ1v) is 10.2. The van der Waals surface area contributed by atoms with Crippen LogP contribution in [0.5, 0.6) is 5.75 Å². The minimum absolute atomic E-state index is 0.347. The van der Waals surface area contributed by atoms with Crippen molar-refractivity contribution in [1.29, 1.82) is 0 Å². The summed E-state index contributed by atoms with van der Waals surface area (Å²) in [5.74, 6) is -0.0484. The molecule has 0 aliphatic rings. The van der Waals surface area contributed by atoms with E-state index in [0.29, 0.717) is 5.56 Å². The van der Waals surface area contributed by atoms with Crippen molar-refractivity contribution < 1.29 is 14.6 Å². The average Bonchev–Trinajstić information content (AvgIpc) is 2.69. The molecule has 3 heteroatoms. The van der Waals surface area contributed by atoms with E-state index in [4.69, 9.17) is 4.74 Å². The maximum absolute atomic E-state index is 11.6. The molecule has 2 rings (SSSR count). The van der Waals surface area contributed by atoms with Gasteiger partial charge in [-0.15, -0.1) is 0 Å². The third-order valence-corrected chi connectivity index (χ3v) is 4.82. The van der Waals surface area contributed by atoms with Gasteiger partial charge in [0.2, 0.25) is 0 Å². The first-order valence-electron chi connectivity index (χ1n) is 10.2. The van der Waals surface area contributed by atoms with E-state index in [0.717, 1.165) is 49.2 Å². The topological polar surface area (TPSA) is 46.5 Å². The van der Waals surface area contributed by atoms with Gasteiger partial charge in [0.1, 0.15) is 5.75 Å². The van der Waals surface area contributed by atoms with Crippen LogP contribution in [0, 0.1) is 0 Å². The lowest BCUT2D eigenvalue weighted by atomic mass is 9.95. The average molecular weight is 369 g/mol. The molecule has 0 heterocycles. The Bertz CT molecular complexity index is 704. The van der Waals surface area contributed by atoms with Crippen molar-refractivity contribution in [2.24, 2.45) is 0 Å². The molecular formula is C24H32O3. The first kappa shape index (κ1) is 21.0. The summed E-state index contributed by atoms with van der Waals surface area (Å²) in [5, 5.41) is 9.53. The van der Waals surface area contributed by atoms with E-state index in [1.165, 1.54) is 31.2 Å². The first-order chi connectivity index (χ1) is 13.2. The second-order valence-corrected chi connectivity index (χ2v) is 7.08. The zero-order valence-electron chi connectivity index (χ0n) is 16.7. The summed E-state index contributed by atoms with van der Waals surface area (Å²) >= 11 is 0. The van der Waals surface area contributed by atoms with Gasteiger partial charge in [0.15, 0.2) is 0 Å². The van der Waals surface area contributed by atoms with Crippen molar-refractivity contribution in [1.82, 2.24) is 0 Å². The zero-order chi connectivity index (χ0) is 19.5. The molecule has 0 unspecified atom stereocenters. The smallest absolute Gasteiger partial charge is 0.336 e. The highest BCUT2D eigenvalue weighted by Gasteiger charge is 2.12. The van der Waals surface area contributed by atoms with Crippen molar-refractivity contribution >= 4 is 5.97 Å². The van der Waals surface area contributed by atoms with Crippen molar-refractivity contribution in [2.75, 3.05) is 6.61 Å². The van der Waals surface area contributed by atoms with E-state index in [9.17, 15) is 9.90 Å². The number of rotatable bonds is 12. The largest absolute Gasteiger partial charge is 0.494 e. The number of hydrogen-bond acceptors (Lipinski definition) is 2. The summed E-state index contributed by atoms with van der Waals surface area (Å²) in [4.78, 5) is 11.6. The number of carboxylic acids is 1. The molecule has 0 spiro atoms. The molecule has 0 saturated carbocycles. The summed E-state index contributed by atoms with van der Waals surface area (Å²) in [6, 6.07) is 13.5. The van der Waals surface area contributed by atoms with Gasteiger partial charge < -0.3 is 9.84 Å². The van der Waals surface area contributed by atoms with Gasteiger partial charge in [-0.3, -0.25) is 0 Å². The Morgan fingerprint density at radius 1 is 0.889 bits per heavy atom. The minimum Gasteiger partial charge on any atom is -0.494 e. The van der Waals surface area contributed by atoms with Crippen LogP contribution in [0.1, 0.15) is 74.7 Å². The monoisotopic (exact) mass is 368 g/mol. The highest BCUT2D eigenvalue weighted by atomic mass is 16.5. The lowest BCUT2D eigenvalue weighted by Crippen LogP contribution is -2.01. The van der Waals surface area contributed by atoms with E-state index < -0.39 is 5.97 Å². The van der Waals surface area contributed by atoms with Crippen molar-refractivity contribution in [2.45, 2.75) is 65.2 Å². The van der Waals surface area contributed by atoms with Crippen molar-refractivity contribution in [3.8, 4) is 16.9 Å². The fourth-order valence-corrected chi connectivity index (χ4v) is 3.18. The molecule has 27 heavy (non-hydrogen) atoms. The van der Waals surface area contributed by atoms with Crippen LogP contribution >= 0.6 is 0 Å². The van der Waals surface area contributed by atoms with Crippen LogP contribution in [-0.2, 0) is 6.42 Å². The van der Waals surface area contributed by atoms with Gasteiger partial charge in [-0.1, -0.05) is 70.2 Å². The Morgan fingerprint density at radius 3 is 2.26 bits per heavy atom. The Morgan fingerprint density at radius 2 is 1.59 bits per heavy atom. The lowest BCUT2D eigenvalue weighted by Gasteiger charge is -2.11. The Balaban J connectivity index is 2.05. The number of aromatic carboxylic acids is 1. The molecule has 0 amide bonds. The number of ether oxygens (including phenoxy) is 1. The summed E-state index contributed by atoms with van der Waals surface area (Å²) in [5.41, 5.74) is 3.23. The fraction of sp³-hybridized carbons (Fsp3) is 0.458. The maximum atomic E-state index is 11.6. The SMILES string of the molecule is CCCCCCCOc1ccc(-c2cc(CCCC)ccc2C(=O)O)cc1. The highest BCUT2D eigenvalue weighted by Crippen LogP contribution is 2.28. The molecule has 3 nitrogen and oxygen atoms in total. The van der Waals surface area contributed by atoms with Crippen LogP contribution in [0.3, 0.4) is 0 Å². The van der Waals surface area contributed by atoms with Gasteiger partial charge >= 0.3 is 5.97 Å². The second kappa shape index (κ2) is 11.4. The van der Waals surface area contributed by atoms with E-state index >= 15 is 0 Å². The number of benzene rings is 2. The van der Waals surface area contributed by atoms with Crippen LogP contribution < -0.4 is 4.74 Å². The molecular weight excluding hydrogens is 336 g/mol. The van der Waals surface area contributed by atoms with Crippen LogP contribution in [0.4, 0.5) is 0 Å². The minimum atomic E-state index is -0.889. The molecule has 0 bridgehead atoms. The number of hydrogen-bond donors (Lipinski definition) is 1. The third kappa shape index (κ3) is 6.74. The predicted molar refractivity (Wildman–Crippen MR) is 112 cm³/mol. The molecule has 0 aromatic heterocycles. The van der Waals surface area contributed by atoms with Crippen molar-refractivity contribution in [3.63, 3.8) is 0 Å². The molecule has 2 aromatic rings. The highest BCUT2D eigenvalue weighted by molar-refractivity contribution is 5.96. The number of carbonyl (C=O) groups is 1. The normalized spacial score (nSPS) is 10.7. The van der Waals surface area contributed by atoms with Gasteiger partial charge in [0.05, 0.1) is 12.2 Å². The van der Waals surface area contributed by atoms with Gasteiger partial charge in [-0.2, -0.15) is 0 Å². The van der Waals surface area contributed by atoms with E-state index in [1.807, 2.05) is 36.4 Å². The molecule has 0 radical (unpaired) electrons. The van der Waals surface area contributed by atoms with E-state index in [-0.39, 0.29) is 0 Å². The van der Waals surface area contributed by atoms with Crippen LogP contribution in [0.25, 0.3) is 11.1 Å². The summed E-state index contributed by atoms with van der Waals surface area (Å²) in [6.07, 6.45) is 9.30. The molecule has 0 atom stereocenters. The number of unbranched alkanes of at least 4 members (excludes halogenated alkanes) is 5. The summed E-state index contributed by atoms with van der Waals surface area (Å²) in [6.45, 7) is 5.11. The Hall–Kier alpha value is -2.29. The van der Waals surface area contributed by atoms with Crippen LogP contribution in [-0.4, -0.2) is 17.7 Å². The molecule has 146 valence electrons. The molecule has 0 fully saturated rings. The lowest BCUT2D eigenvalue weighted by molar-refractivity contribution is 0.0697.